The highest BCUT2D eigenvalue weighted by Crippen LogP contribution is 2.29. The molecule has 2 rings (SSSR count). The predicted molar refractivity (Wildman–Crippen MR) is 69.8 cm³/mol. The summed E-state index contributed by atoms with van der Waals surface area (Å²) < 4.78 is 53.8. The van der Waals surface area contributed by atoms with E-state index in [1.54, 1.807) is 0 Å². The van der Waals surface area contributed by atoms with Crippen molar-refractivity contribution in [3.63, 3.8) is 0 Å². The van der Waals surface area contributed by atoms with Crippen molar-refractivity contribution in [3.8, 4) is 0 Å². The molecule has 1 aromatic carbocycles. The first kappa shape index (κ1) is 14.5. The van der Waals surface area contributed by atoms with Crippen LogP contribution in [0.4, 0.5) is 20.2 Å². The van der Waals surface area contributed by atoms with Crippen molar-refractivity contribution >= 4 is 33.0 Å². The summed E-state index contributed by atoms with van der Waals surface area (Å²) in [6.07, 6.45) is 1.11. The summed E-state index contributed by atoms with van der Waals surface area (Å²) in [4.78, 5) is 0. The van der Waals surface area contributed by atoms with Crippen LogP contribution < -0.4 is 10.5 Å². The van der Waals surface area contributed by atoms with E-state index in [2.05, 4.69) is 5.10 Å². The number of nitrogens with two attached hydrogens (primary N) is 1. The third kappa shape index (κ3) is 2.41. The Kier molecular flexibility index (Phi) is 3.57. The maximum Gasteiger partial charge on any atom is 0.280 e. The monoisotopic (exact) mass is 322 g/mol. The number of rotatable bonds is 3. The number of anilines is 2. The van der Waals surface area contributed by atoms with Crippen molar-refractivity contribution in [1.29, 1.82) is 0 Å². The molecule has 0 aliphatic rings. The number of sulfonamides is 1. The smallest absolute Gasteiger partial charge is 0.280 e. The largest absolute Gasteiger partial charge is 0.397 e. The average molecular weight is 323 g/mol. The fourth-order valence-electron chi connectivity index (χ4n) is 1.55. The molecule has 0 saturated carbocycles. The molecule has 6 nitrogen and oxygen atoms in total. The van der Waals surface area contributed by atoms with E-state index in [0.717, 1.165) is 23.0 Å². The number of nitrogens with zero attached hydrogens (tertiary/aromatic N) is 2. The van der Waals surface area contributed by atoms with Gasteiger partial charge >= 0.3 is 0 Å². The molecule has 1 heterocycles. The van der Waals surface area contributed by atoms with Crippen LogP contribution in [0, 0.1) is 11.6 Å². The molecule has 2 aromatic rings. The first-order valence-corrected chi connectivity index (χ1v) is 7.04. The Morgan fingerprint density at radius 3 is 2.60 bits per heavy atom. The summed E-state index contributed by atoms with van der Waals surface area (Å²) in [6.45, 7) is 0. The van der Waals surface area contributed by atoms with Gasteiger partial charge in [-0.15, -0.1) is 0 Å². The van der Waals surface area contributed by atoms with Crippen LogP contribution in [0.1, 0.15) is 0 Å². The third-order valence-corrected chi connectivity index (χ3v) is 4.32. The highest BCUT2D eigenvalue weighted by molar-refractivity contribution is 7.92. The number of aryl methyl sites for hydroxylation is 1. The van der Waals surface area contributed by atoms with Crippen LogP contribution in [0.5, 0.6) is 0 Å². The molecule has 0 unspecified atom stereocenters. The van der Waals surface area contributed by atoms with Crippen LogP contribution in [-0.4, -0.2) is 18.2 Å². The molecule has 0 radical (unpaired) electrons. The fourth-order valence-corrected chi connectivity index (χ4v) is 3.30. The van der Waals surface area contributed by atoms with Crippen LogP contribution in [0.15, 0.2) is 23.4 Å². The molecule has 0 atom stereocenters. The number of nitrogen functional groups attached to an aromatic ring is 1. The molecule has 0 spiro atoms. The fraction of sp³-hybridized carbons (Fsp3) is 0.100. The highest BCUT2D eigenvalue weighted by Gasteiger charge is 2.25. The number of benzene rings is 1. The Hall–Kier alpha value is -1.87. The van der Waals surface area contributed by atoms with Crippen molar-refractivity contribution in [3.05, 3.63) is 35.0 Å². The van der Waals surface area contributed by atoms with E-state index in [9.17, 15) is 17.2 Å². The topological polar surface area (TPSA) is 90.0 Å². The van der Waals surface area contributed by atoms with Crippen molar-refractivity contribution in [1.82, 2.24) is 9.78 Å². The van der Waals surface area contributed by atoms with Crippen LogP contribution in [0.2, 0.25) is 5.02 Å². The SMILES string of the molecule is Cn1ncc(Cl)c1S(=O)(=O)Nc1c(N)ccc(F)c1F. The Labute approximate surface area is 118 Å². The summed E-state index contributed by atoms with van der Waals surface area (Å²) in [5, 5.41) is 3.11. The predicted octanol–water partition coefficient (Wildman–Crippen LogP) is 1.73. The third-order valence-electron chi connectivity index (χ3n) is 2.46. The van der Waals surface area contributed by atoms with E-state index in [-0.39, 0.29) is 15.7 Å². The van der Waals surface area contributed by atoms with Crippen LogP contribution in [0.3, 0.4) is 0 Å². The minimum atomic E-state index is -4.26. The highest BCUT2D eigenvalue weighted by atomic mass is 35.5. The maximum absolute atomic E-state index is 13.6. The molecule has 0 aliphatic heterocycles. The van der Waals surface area contributed by atoms with E-state index < -0.39 is 27.3 Å². The van der Waals surface area contributed by atoms with Gasteiger partial charge in [-0.05, 0) is 12.1 Å². The summed E-state index contributed by atoms with van der Waals surface area (Å²) in [5.41, 5.74) is 4.50. The molecular formula is C10H9ClF2N4O2S. The van der Waals surface area contributed by atoms with E-state index in [1.807, 2.05) is 4.72 Å². The van der Waals surface area contributed by atoms with Gasteiger partial charge in [0.25, 0.3) is 10.0 Å². The number of halogens is 3. The van der Waals surface area contributed by atoms with Gasteiger partial charge in [0.05, 0.1) is 16.9 Å². The van der Waals surface area contributed by atoms with Gasteiger partial charge in [0, 0.05) is 7.05 Å². The molecule has 0 saturated heterocycles. The van der Waals surface area contributed by atoms with Gasteiger partial charge in [-0.3, -0.25) is 9.40 Å². The minimum Gasteiger partial charge on any atom is -0.397 e. The first-order valence-electron chi connectivity index (χ1n) is 5.18. The minimum absolute atomic E-state index is 0.157. The molecule has 0 aliphatic carbocycles. The molecule has 1 aromatic heterocycles. The lowest BCUT2D eigenvalue weighted by Crippen LogP contribution is -2.19. The summed E-state index contributed by atoms with van der Waals surface area (Å²) >= 11 is 5.71. The first-order chi connectivity index (χ1) is 9.24. The van der Waals surface area contributed by atoms with Crippen molar-refractivity contribution in [2.24, 2.45) is 7.05 Å². The quantitative estimate of drug-likeness (QED) is 0.842. The van der Waals surface area contributed by atoms with Gasteiger partial charge in [0.1, 0.15) is 5.69 Å². The molecule has 0 bridgehead atoms. The molecule has 108 valence electrons. The molecule has 10 heteroatoms. The Bertz CT molecular complexity index is 756. The Morgan fingerprint density at radius 1 is 1.40 bits per heavy atom. The van der Waals surface area contributed by atoms with Gasteiger partial charge < -0.3 is 5.73 Å². The van der Waals surface area contributed by atoms with Crippen molar-refractivity contribution in [2.75, 3.05) is 10.5 Å². The van der Waals surface area contributed by atoms with Gasteiger partial charge in [-0.25, -0.2) is 8.78 Å². The molecule has 3 N–H and O–H groups in total. The zero-order chi connectivity index (χ0) is 15.1. The molecular weight excluding hydrogens is 314 g/mol. The normalized spacial score (nSPS) is 11.6. The lowest BCUT2D eigenvalue weighted by atomic mass is 10.2. The molecule has 0 fully saturated rings. The summed E-state index contributed by atoms with van der Waals surface area (Å²) in [6, 6.07) is 1.83. The second kappa shape index (κ2) is 4.91. The second-order valence-corrected chi connectivity index (χ2v) is 5.86. The van der Waals surface area contributed by atoms with Crippen LogP contribution in [-0.2, 0) is 17.1 Å². The Morgan fingerprint density at radius 2 is 2.05 bits per heavy atom. The molecule has 20 heavy (non-hydrogen) atoms. The van der Waals surface area contributed by atoms with Crippen LogP contribution in [0.25, 0.3) is 0 Å². The number of hydrogen-bond acceptors (Lipinski definition) is 4. The lowest BCUT2D eigenvalue weighted by molar-refractivity contribution is 0.512. The zero-order valence-corrected chi connectivity index (χ0v) is 11.6. The number of hydrogen-bond donors (Lipinski definition) is 2. The van der Waals surface area contributed by atoms with Crippen molar-refractivity contribution < 1.29 is 17.2 Å². The number of nitrogens with one attached hydrogen (secondary N) is 1. The van der Waals surface area contributed by atoms with E-state index >= 15 is 0 Å². The Balaban J connectivity index is 2.53. The van der Waals surface area contributed by atoms with Crippen LogP contribution >= 0.6 is 11.6 Å². The standard InChI is InChI=1S/C10H9ClF2N4O2S/c1-17-10(5(11)4-15-17)20(18,19)16-9-7(14)3-2-6(12)8(9)13/h2-4,16H,14H2,1H3. The van der Waals surface area contributed by atoms with Crippen molar-refractivity contribution in [2.45, 2.75) is 5.03 Å². The summed E-state index contributed by atoms with van der Waals surface area (Å²) in [5.74, 6) is -2.63. The lowest BCUT2D eigenvalue weighted by Gasteiger charge is -2.12. The second-order valence-electron chi connectivity index (χ2n) is 3.85. The molecule has 0 amide bonds. The summed E-state index contributed by atoms with van der Waals surface area (Å²) in [7, 11) is -2.92. The van der Waals surface area contributed by atoms with Gasteiger partial charge in [0.15, 0.2) is 16.7 Å². The zero-order valence-electron chi connectivity index (χ0n) is 10.1. The maximum atomic E-state index is 13.6. The van der Waals surface area contributed by atoms with Gasteiger partial charge in [0.2, 0.25) is 0 Å². The average Bonchev–Trinajstić information content (AvgIpc) is 2.70. The van der Waals surface area contributed by atoms with E-state index in [1.165, 1.54) is 7.05 Å². The van der Waals surface area contributed by atoms with E-state index in [0.29, 0.717) is 0 Å². The number of aromatic nitrogens is 2. The van der Waals surface area contributed by atoms with Gasteiger partial charge in [-0.1, -0.05) is 11.6 Å². The van der Waals surface area contributed by atoms with E-state index in [4.69, 9.17) is 17.3 Å². The van der Waals surface area contributed by atoms with Gasteiger partial charge in [-0.2, -0.15) is 13.5 Å².